The lowest BCUT2D eigenvalue weighted by atomic mass is 9.94. The lowest BCUT2D eigenvalue weighted by Crippen LogP contribution is -2.27. The number of nitrogens with zero attached hydrogens (tertiary/aromatic N) is 2. The Kier molecular flexibility index (Phi) is 6.23. The van der Waals surface area contributed by atoms with Crippen LogP contribution in [-0.2, 0) is 0 Å². The van der Waals surface area contributed by atoms with Gasteiger partial charge in [0.2, 0.25) is 0 Å². The Balaban J connectivity index is 0.00000116. The van der Waals surface area contributed by atoms with Crippen molar-refractivity contribution < 1.29 is 9.90 Å². The molecule has 5 heteroatoms. The molecule has 22 heavy (non-hydrogen) atoms. The topological polar surface area (TPSA) is 55.1 Å². The zero-order valence-electron chi connectivity index (χ0n) is 13.8. The Labute approximate surface area is 136 Å². The molecule has 0 saturated carbocycles. The number of hydrogen-bond donors (Lipinski definition) is 1. The van der Waals surface area contributed by atoms with Crippen LogP contribution in [0.25, 0.3) is 0 Å². The molecule has 4 nitrogen and oxygen atoms in total. The molecule has 1 N–H and O–H groups in total. The highest BCUT2D eigenvalue weighted by Gasteiger charge is 2.44. The summed E-state index contributed by atoms with van der Waals surface area (Å²) in [5.41, 5.74) is 1.29. The van der Waals surface area contributed by atoms with Crippen molar-refractivity contribution >= 4 is 17.7 Å². The first-order valence-corrected chi connectivity index (χ1v) is 8.19. The zero-order valence-corrected chi connectivity index (χ0v) is 14.6. The molecule has 1 atom stereocenters. The van der Waals surface area contributed by atoms with Crippen LogP contribution in [0.1, 0.15) is 51.1 Å². The molecule has 0 aromatic carbocycles. The average Bonchev–Trinajstić information content (AvgIpc) is 2.98. The number of thioether (sulfide) groups is 1. The number of rotatable bonds is 4. The lowest BCUT2D eigenvalue weighted by Gasteiger charge is -2.28. The summed E-state index contributed by atoms with van der Waals surface area (Å²) in [6.07, 6.45) is 8.99. The van der Waals surface area contributed by atoms with Crippen molar-refractivity contribution in [3.8, 4) is 0 Å². The highest BCUT2D eigenvalue weighted by Crippen LogP contribution is 2.51. The number of fused-ring (bicyclic) bond motifs is 1. The highest BCUT2D eigenvalue weighted by molar-refractivity contribution is 8.00. The summed E-state index contributed by atoms with van der Waals surface area (Å²) in [6.45, 7) is 13.8. The fourth-order valence-electron chi connectivity index (χ4n) is 2.50. The Morgan fingerprint density at radius 2 is 2.14 bits per heavy atom. The van der Waals surface area contributed by atoms with Gasteiger partial charge in [-0.1, -0.05) is 56.5 Å². The number of imidazole rings is 1. The molecular weight excluding hydrogens is 296 g/mol. The van der Waals surface area contributed by atoms with Gasteiger partial charge in [0.1, 0.15) is 5.69 Å². The second-order valence-corrected chi connectivity index (χ2v) is 6.71. The average molecular weight is 320 g/mol. The number of carbonyl (C=O) groups is 1. The quantitative estimate of drug-likeness (QED) is 0.815. The minimum atomic E-state index is -0.949. The van der Waals surface area contributed by atoms with Crippen molar-refractivity contribution in [3.63, 3.8) is 0 Å². The van der Waals surface area contributed by atoms with Crippen molar-refractivity contribution in [2.75, 3.05) is 0 Å². The second-order valence-electron chi connectivity index (χ2n) is 5.09. The lowest BCUT2D eigenvalue weighted by molar-refractivity contribution is 0.0682. The Bertz CT molecular complexity index is 612. The maximum absolute atomic E-state index is 11.4. The maximum Gasteiger partial charge on any atom is 0.354 e. The Morgan fingerprint density at radius 3 is 2.64 bits per heavy atom. The molecule has 0 bridgehead atoms. The molecule has 1 aliphatic heterocycles. The molecule has 2 heterocycles. The smallest absolute Gasteiger partial charge is 0.354 e. The van der Waals surface area contributed by atoms with Gasteiger partial charge in [-0.15, -0.1) is 0 Å². The van der Waals surface area contributed by atoms with Crippen LogP contribution in [0.4, 0.5) is 0 Å². The van der Waals surface area contributed by atoms with Crippen LogP contribution >= 0.6 is 11.8 Å². The molecule has 1 aliphatic rings. The van der Waals surface area contributed by atoms with E-state index >= 15 is 0 Å². The third-order valence-electron chi connectivity index (χ3n) is 3.33. The minimum absolute atomic E-state index is 0.0581. The van der Waals surface area contributed by atoms with Gasteiger partial charge in [0, 0.05) is 4.75 Å². The molecule has 0 spiro atoms. The van der Waals surface area contributed by atoms with Crippen LogP contribution in [-0.4, -0.2) is 25.4 Å². The van der Waals surface area contributed by atoms with Gasteiger partial charge in [-0.2, -0.15) is 0 Å². The standard InChI is InChI=1S/C15H18N2O2S.C2H6/c1-5-7-8-10(6-2)12-15(3,4)20-14-16-9-11(13(18)19)17(12)14;1-2/h5-9,12H,1H2,2-4H3,(H,18,19);1-2H3/b8-7-,10-6+;. The van der Waals surface area contributed by atoms with Gasteiger partial charge < -0.3 is 9.67 Å². The van der Waals surface area contributed by atoms with E-state index in [-0.39, 0.29) is 16.5 Å². The van der Waals surface area contributed by atoms with Gasteiger partial charge >= 0.3 is 5.97 Å². The summed E-state index contributed by atoms with van der Waals surface area (Å²) in [6, 6.07) is -0.0581. The van der Waals surface area contributed by atoms with Crippen LogP contribution in [0.3, 0.4) is 0 Å². The molecule has 1 aromatic rings. The van der Waals surface area contributed by atoms with Crippen LogP contribution in [0.2, 0.25) is 0 Å². The van der Waals surface area contributed by atoms with Gasteiger partial charge in [-0.25, -0.2) is 9.78 Å². The third kappa shape index (κ3) is 3.35. The fraction of sp³-hybridized carbons (Fsp3) is 0.412. The molecule has 0 radical (unpaired) electrons. The molecule has 120 valence electrons. The first-order valence-electron chi connectivity index (χ1n) is 7.37. The van der Waals surface area contributed by atoms with E-state index in [2.05, 4.69) is 25.4 Å². The molecule has 0 fully saturated rings. The molecule has 1 aromatic heterocycles. The molecule has 0 saturated heterocycles. The van der Waals surface area contributed by atoms with Gasteiger partial charge in [0.05, 0.1) is 12.2 Å². The van der Waals surface area contributed by atoms with E-state index in [0.29, 0.717) is 0 Å². The van der Waals surface area contributed by atoms with Crippen molar-refractivity contribution in [1.29, 1.82) is 0 Å². The summed E-state index contributed by atoms with van der Waals surface area (Å²) in [7, 11) is 0. The van der Waals surface area contributed by atoms with E-state index in [9.17, 15) is 9.90 Å². The van der Waals surface area contributed by atoms with E-state index in [1.807, 2.05) is 43.6 Å². The van der Waals surface area contributed by atoms with Crippen LogP contribution in [0.15, 0.2) is 47.8 Å². The molecule has 0 amide bonds. The number of hydrogen-bond acceptors (Lipinski definition) is 3. The van der Waals surface area contributed by atoms with Crippen LogP contribution in [0, 0.1) is 0 Å². The largest absolute Gasteiger partial charge is 0.477 e. The zero-order chi connectivity index (χ0) is 16.9. The van der Waals surface area contributed by atoms with E-state index in [4.69, 9.17) is 0 Å². The van der Waals surface area contributed by atoms with E-state index in [1.54, 1.807) is 17.8 Å². The fourth-order valence-corrected chi connectivity index (χ4v) is 3.74. The second kappa shape index (κ2) is 7.49. The van der Waals surface area contributed by atoms with Gasteiger partial charge in [0.15, 0.2) is 5.16 Å². The highest BCUT2D eigenvalue weighted by atomic mass is 32.2. The molecular formula is C17H24N2O2S. The van der Waals surface area contributed by atoms with E-state index in [1.165, 1.54) is 6.20 Å². The summed E-state index contributed by atoms with van der Waals surface area (Å²) >= 11 is 1.60. The van der Waals surface area contributed by atoms with Gasteiger partial charge in [-0.3, -0.25) is 0 Å². The summed E-state index contributed by atoms with van der Waals surface area (Å²) in [5, 5.41) is 10.1. The number of aromatic carboxylic acids is 1. The summed E-state index contributed by atoms with van der Waals surface area (Å²) < 4.78 is 1.66. The monoisotopic (exact) mass is 320 g/mol. The molecule has 2 rings (SSSR count). The minimum Gasteiger partial charge on any atom is -0.477 e. The maximum atomic E-state index is 11.4. The first kappa shape index (κ1) is 18.3. The Morgan fingerprint density at radius 1 is 1.50 bits per heavy atom. The van der Waals surface area contributed by atoms with Crippen molar-refractivity contribution in [2.45, 2.75) is 50.6 Å². The third-order valence-corrected chi connectivity index (χ3v) is 4.56. The number of aromatic nitrogens is 2. The SMILES string of the molecule is C=C/C=C\C(=C/C)C1n2c(C(=O)O)cnc2SC1(C)C.CC. The number of carboxylic acids is 1. The van der Waals surface area contributed by atoms with E-state index in [0.717, 1.165) is 10.7 Å². The van der Waals surface area contributed by atoms with Gasteiger partial charge in [0.25, 0.3) is 0 Å². The summed E-state index contributed by atoms with van der Waals surface area (Å²) in [4.78, 5) is 15.6. The molecule has 1 unspecified atom stereocenters. The first-order chi connectivity index (χ1) is 10.4. The predicted molar refractivity (Wildman–Crippen MR) is 92.6 cm³/mol. The van der Waals surface area contributed by atoms with Crippen molar-refractivity contribution in [2.24, 2.45) is 0 Å². The molecule has 0 aliphatic carbocycles. The normalized spacial score (nSPS) is 19.5. The van der Waals surface area contributed by atoms with Gasteiger partial charge in [-0.05, 0) is 26.3 Å². The van der Waals surface area contributed by atoms with Crippen LogP contribution in [0.5, 0.6) is 0 Å². The van der Waals surface area contributed by atoms with Crippen molar-refractivity contribution in [1.82, 2.24) is 9.55 Å². The Hall–Kier alpha value is -1.75. The number of carboxylic acid groups (broad SMARTS) is 1. The van der Waals surface area contributed by atoms with Crippen LogP contribution < -0.4 is 0 Å². The number of allylic oxidation sites excluding steroid dienone is 5. The summed E-state index contributed by atoms with van der Waals surface area (Å²) in [5.74, 6) is -0.949. The van der Waals surface area contributed by atoms with Crippen molar-refractivity contribution in [3.05, 3.63) is 48.3 Å². The van der Waals surface area contributed by atoms with E-state index < -0.39 is 5.97 Å². The predicted octanol–water partition coefficient (Wildman–Crippen LogP) is 4.72.